The average Bonchev–Trinajstić information content (AvgIpc) is 3.07. The molecule has 1 atom stereocenters. The van der Waals surface area contributed by atoms with E-state index in [1.807, 2.05) is 18.0 Å². The van der Waals surface area contributed by atoms with Crippen LogP contribution in [-0.4, -0.2) is 70.9 Å². The summed E-state index contributed by atoms with van der Waals surface area (Å²) >= 11 is 0. The number of rotatable bonds is 8. The lowest BCUT2D eigenvalue weighted by atomic mass is 9.95. The number of amides is 2. The first-order valence-corrected chi connectivity index (χ1v) is 9.64. The van der Waals surface area contributed by atoms with Gasteiger partial charge in [-0.3, -0.25) is 9.59 Å². The van der Waals surface area contributed by atoms with Crippen molar-refractivity contribution in [3.05, 3.63) is 18.2 Å². The van der Waals surface area contributed by atoms with Crippen LogP contribution in [0.2, 0.25) is 0 Å². The Hall–Kier alpha value is -1.89. The Morgan fingerprint density at radius 1 is 1.35 bits per heavy atom. The fourth-order valence-electron chi connectivity index (χ4n) is 3.59. The highest BCUT2D eigenvalue weighted by molar-refractivity contribution is 5.86. The van der Waals surface area contributed by atoms with E-state index in [0.29, 0.717) is 12.3 Å². The SMILES string of the molecule is CC[C@@H](NC(C)=O)C(=O)N1CCC(c2nccn2CCCN(C)C)CC1. The van der Waals surface area contributed by atoms with Crippen molar-refractivity contribution >= 4 is 11.8 Å². The zero-order valence-electron chi connectivity index (χ0n) is 16.6. The molecule has 0 aromatic carbocycles. The molecule has 0 saturated carbocycles. The zero-order chi connectivity index (χ0) is 19.1. The monoisotopic (exact) mass is 363 g/mol. The van der Waals surface area contributed by atoms with E-state index in [0.717, 1.165) is 51.3 Å². The largest absolute Gasteiger partial charge is 0.345 e. The number of imidazole rings is 1. The molecule has 26 heavy (non-hydrogen) atoms. The predicted octanol–water partition coefficient (Wildman–Crippen LogP) is 1.46. The quantitative estimate of drug-likeness (QED) is 0.759. The molecule has 146 valence electrons. The first-order valence-electron chi connectivity index (χ1n) is 9.64. The molecule has 7 heteroatoms. The van der Waals surface area contributed by atoms with Gasteiger partial charge >= 0.3 is 0 Å². The molecule has 1 N–H and O–H groups in total. The maximum absolute atomic E-state index is 12.6. The lowest BCUT2D eigenvalue weighted by molar-refractivity contribution is -0.137. The van der Waals surface area contributed by atoms with E-state index >= 15 is 0 Å². The summed E-state index contributed by atoms with van der Waals surface area (Å²) in [5, 5.41) is 2.76. The lowest BCUT2D eigenvalue weighted by Gasteiger charge is -2.34. The number of likely N-dealkylation sites (tertiary alicyclic amines) is 1. The van der Waals surface area contributed by atoms with E-state index in [9.17, 15) is 9.59 Å². The van der Waals surface area contributed by atoms with Crippen molar-refractivity contribution in [2.75, 3.05) is 33.7 Å². The zero-order valence-corrected chi connectivity index (χ0v) is 16.6. The van der Waals surface area contributed by atoms with Gasteiger partial charge in [0.2, 0.25) is 11.8 Å². The molecule has 1 aliphatic rings. The van der Waals surface area contributed by atoms with Crippen molar-refractivity contribution in [3.8, 4) is 0 Å². The van der Waals surface area contributed by atoms with Crippen LogP contribution in [0.3, 0.4) is 0 Å². The first kappa shape index (κ1) is 20.4. The van der Waals surface area contributed by atoms with Crippen LogP contribution >= 0.6 is 0 Å². The molecule has 0 unspecified atom stereocenters. The van der Waals surface area contributed by atoms with Gasteiger partial charge < -0.3 is 19.7 Å². The standard InChI is InChI=1S/C19H33N5O2/c1-5-17(21-15(2)25)19(26)24-12-7-16(8-13-24)18-20-9-14-23(18)11-6-10-22(3)4/h9,14,16-17H,5-8,10-13H2,1-4H3,(H,21,25)/t17-/m1/s1. The topological polar surface area (TPSA) is 70.5 Å². The summed E-state index contributed by atoms with van der Waals surface area (Å²) in [5.74, 6) is 1.43. The second-order valence-electron chi connectivity index (χ2n) is 7.40. The molecule has 1 aromatic heterocycles. The summed E-state index contributed by atoms with van der Waals surface area (Å²) in [5.41, 5.74) is 0. The third kappa shape index (κ3) is 5.56. The Balaban J connectivity index is 1.89. The molecule has 1 aliphatic heterocycles. The van der Waals surface area contributed by atoms with Gasteiger partial charge in [-0.15, -0.1) is 0 Å². The number of nitrogens with one attached hydrogen (secondary N) is 1. The van der Waals surface area contributed by atoms with Crippen LogP contribution < -0.4 is 5.32 Å². The van der Waals surface area contributed by atoms with E-state index in [1.165, 1.54) is 6.92 Å². The first-order chi connectivity index (χ1) is 12.4. The molecule has 1 saturated heterocycles. The number of hydrogen-bond acceptors (Lipinski definition) is 4. The molecule has 2 amide bonds. The van der Waals surface area contributed by atoms with E-state index < -0.39 is 6.04 Å². The van der Waals surface area contributed by atoms with Crippen LogP contribution in [-0.2, 0) is 16.1 Å². The Kier molecular flexibility index (Phi) is 7.63. The van der Waals surface area contributed by atoms with Gasteiger partial charge in [-0.2, -0.15) is 0 Å². The maximum atomic E-state index is 12.6. The Morgan fingerprint density at radius 2 is 2.04 bits per heavy atom. The minimum absolute atomic E-state index is 0.0375. The summed E-state index contributed by atoms with van der Waals surface area (Å²) in [7, 11) is 4.18. The highest BCUT2D eigenvalue weighted by atomic mass is 16.2. The van der Waals surface area contributed by atoms with Crippen LogP contribution in [0.1, 0.15) is 51.3 Å². The van der Waals surface area contributed by atoms with Crippen molar-refractivity contribution in [2.24, 2.45) is 0 Å². The predicted molar refractivity (Wildman–Crippen MR) is 102 cm³/mol. The minimum atomic E-state index is -0.405. The Labute approximate surface area is 156 Å². The van der Waals surface area contributed by atoms with Gasteiger partial charge in [0.1, 0.15) is 11.9 Å². The number of piperidine rings is 1. The number of aryl methyl sites for hydroxylation is 1. The number of nitrogens with zero attached hydrogens (tertiary/aromatic N) is 4. The smallest absolute Gasteiger partial charge is 0.245 e. The van der Waals surface area contributed by atoms with Gasteiger partial charge in [-0.1, -0.05) is 6.92 Å². The molecule has 2 rings (SSSR count). The van der Waals surface area contributed by atoms with E-state index in [4.69, 9.17) is 0 Å². The third-order valence-corrected chi connectivity index (χ3v) is 5.01. The molecule has 0 radical (unpaired) electrons. The molecule has 0 aliphatic carbocycles. The van der Waals surface area contributed by atoms with Gasteiger partial charge in [0.05, 0.1) is 0 Å². The van der Waals surface area contributed by atoms with Crippen molar-refractivity contribution in [2.45, 2.75) is 58.0 Å². The Morgan fingerprint density at radius 3 is 2.62 bits per heavy atom. The van der Waals surface area contributed by atoms with E-state index in [2.05, 4.69) is 40.1 Å². The van der Waals surface area contributed by atoms with Gasteiger partial charge in [0, 0.05) is 44.9 Å². The molecule has 7 nitrogen and oxygen atoms in total. The van der Waals surface area contributed by atoms with Crippen LogP contribution in [0.15, 0.2) is 12.4 Å². The summed E-state index contributed by atoms with van der Waals surface area (Å²) in [6, 6.07) is -0.405. The number of hydrogen-bond donors (Lipinski definition) is 1. The fraction of sp³-hybridized carbons (Fsp3) is 0.737. The Bertz CT molecular complexity index is 591. The molecule has 2 heterocycles. The van der Waals surface area contributed by atoms with Crippen LogP contribution in [0, 0.1) is 0 Å². The normalized spacial score (nSPS) is 16.7. The van der Waals surface area contributed by atoms with Gasteiger partial charge in [-0.25, -0.2) is 4.98 Å². The number of carbonyl (C=O) groups is 2. The highest BCUT2D eigenvalue weighted by Crippen LogP contribution is 2.27. The van der Waals surface area contributed by atoms with Crippen molar-refractivity contribution in [1.82, 2.24) is 24.7 Å². The van der Waals surface area contributed by atoms with E-state index in [-0.39, 0.29) is 11.8 Å². The lowest BCUT2D eigenvalue weighted by Crippen LogP contribution is -2.50. The fourth-order valence-corrected chi connectivity index (χ4v) is 3.59. The number of aromatic nitrogens is 2. The summed E-state index contributed by atoms with van der Waals surface area (Å²) in [6.45, 7) is 6.88. The summed E-state index contributed by atoms with van der Waals surface area (Å²) < 4.78 is 2.26. The highest BCUT2D eigenvalue weighted by Gasteiger charge is 2.29. The third-order valence-electron chi connectivity index (χ3n) is 5.01. The second-order valence-corrected chi connectivity index (χ2v) is 7.40. The van der Waals surface area contributed by atoms with Crippen LogP contribution in [0.5, 0.6) is 0 Å². The minimum Gasteiger partial charge on any atom is -0.345 e. The average molecular weight is 364 g/mol. The van der Waals surface area contributed by atoms with Gasteiger partial charge in [0.25, 0.3) is 0 Å². The number of carbonyl (C=O) groups excluding carboxylic acids is 2. The summed E-state index contributed by atoms with van der Waals surface area (Å²) in [6.07, 6.45) is 7.51. The van der Waals surface area contributed by atoms with Gasteiger partial charge in [0.15, 0.2) is 0 Å². The second kappa shape index (κ2) is 9.71. The molecule has 0 bridgehead atoms. The van der Waals surface area contributed by atoms with Crippen LogP contribution in [0.4, 0.5) is 0 Å². The molecule has 0 spiro atoms. The van der Waals surface area contributed by atoms with Crippen LogP contribution in [0.25, 0.3) is 0 Å². The van der Waals surface area contributed by atoms with Crippen molar-refractivity contribution in [1.29, 1.82) is 0 Å². The van der Waals surface area contributed by atoms with Crippen molar-refractivity contribution < 1.29 is 9.59 Å². The molecule has 1 aromatic rings. The molecular formula is C19H33N5O2. The summed E-state index contributed by atoms with van der Waals surface area (Å²) in [4.78, 5) is 32.6. The van der Waals surface area contributed by atoms with Gasteiger partial charge in [-0.05, 0) is 46.3 Å². The van der Waals surface area contributed by atoms with Crippen molar-refractivity contribution in [3.63, 3.8) is 0 Å². The molecular weight excluding hydrogens is 330 g/mol. The maximum Gasteiger partial charge on any atom is 0.245 e. The molecule has 1 fully saturated rings. The van der Waals surface area contributed by atoms with E-state index in [1.54, 1.807) is 0 Å².